The van der Waals surface area contributed by atoms with Crippen LogP contribution in [-0.4, -0.2) is 92.5 Å². The predicted molar refractivity (Wildman–Crippen MR) is 143 cm³/mol. The number of amides is 2. The Morgan fingerprint density at radius 1 is 0.974 bits per heavy atom. The Kier molecular flexibility index (Phi) is 8.24. The molecule has 38 heavy (non-hydrogen) atoms. The molecule has 2 amide bonds. The van der Waals surface area contributed by atoms with Crippen LogP contribution in [0, 0.1) is 5.92 Å². The van der Waals surface area contributed by atoms with Crippen LogP contribution in [0.4, 0.5) is 0 Å². The van der Waals surface area contributed by atoms with Gasteiger partial charge in [0.1, 0.15) is 18.0 Å². The fourth-order valence-electron chi connectivity index (χ4n) is 4.96. The molecule has 3 aliphatic rings. The molecule has 0 bridgehead atoms. The maximum Gasteiger partial charge on any atom is 0.262 e. The molecule has 0 N–H and O–H groups in total. The summed E-state index contributed by atoms with van der Waals surface area (Å²) in [7, 11) is 3.27. The zero-order chi connectivity index (χ0) is 26.5. The molecule has 2 aliphatic heterocycles. The SMILES string of the molecule is COc1ccc(C2=NN(C(=O)CN(CCN3CCOCC3)C(=O)C3CC3)[C@H](c3ccc(OC)cc3)C2)cc1. The standard InChI is InChI=1S/C29H36N4O5/c1-36-24-9-5-21(6-10-24)26-19-27(22-7-11-25(37-2)12-8-22)33(30-26)28(34)20-32(29(35)23-3-4-23)14-13-31-15-17-38-18-16-31/h5-12,23,27H,3-4,13-20H2,1-2H3/t27-/m0/s1. The molecule has 0 aromatic heterocycles. The predicted octanol–water partition coefficient (Wildman–Crippen LogP) is 2.95. The van der Waals surface area contributed by atoms with Crippen molar-refractivity contribution >= 4 is 17.5 Å². The van der Waals surface area contributed by atoms with Crippen LogP contribution in [0.25, 0.3) is 0 Å². The quantitative estimate of drug-likeness (QED) is 0.479. The number of morpholine rings is 1. The van der Waals surface area contributed by atoms with Crippen molar-refractivity contribution < 1.29 is 23.8 Å². The van der Waals surface area contributed by atoms with Gasteiger partial charge in [0.2, 0.25) is 5.91 Å². The molecule has 202 valence electrons. The summed E-state index contributed by atoms with van der Waals surface area (Å²) in [6.07, 6.45) is 2.38. The van der Waals surface area contributed by atoms with Crippen LogP contribution in [0.3, 0.4) is 0 Å². The van der Waals surface area contributed by atoms with Crippen molar-refractivity contribution in [1.29, 1.82) is 0 Å². The Balaban J connectivity index is 1.36. The highest BCUT2D eigenvalue weighted by Gasteiger charge is 2.38. The Labute approximate surface area is 223 Å². The molecule has 2 aromatic carbocycles. The molecule has 9 nitrogen and oxygen atoms in total. The number of hydrogen-bond acceptors (Lipinski definition) is 7. The molecule has 1 saturated carbocycles. The van der Waals surface area contributed by atoms with E-state index < -0.39 is 0 Å². The first-order chi connectivity index (χ1) is 18.6. The lowest BCUT2D eigenvalue weighted by atomic mass is 9.98. The molecule has 1 saturated heterocycles. The summed E-state index contributed by atoms with van der Waals surface area (Å²) in [5.74, 6) is 1.46. The fraction of sp³-hybridized carbons (Fsp3) is 0.483. The highest BCUT2D eigenvalue weighted by molar-refractivity contribution is 6.03. The highest BCUT2D eigenvalue weighted by atomic mass is 16.5. The van der Waals surface area contributed by atoms with Gasteiger partial charge in [-0.2, -0.15) is 5.10 Å². The van der Waals surface area contributed by atoms with E-state index in [0.717, 1.165) is 60.8 Å². The second-order valence-electron chi connectivity index (χ2n) is 9.99. The minimum Gasteiger partial charge on any atom is -0.497 e. The smallest absolute Gasteiger partial charge is 0.262 e. The van der Waals surface area contributed by atoms with Crippen molar-refractivity contribution in [3.8, 4) is 11.5 Å². The number of ether oxygens (including phenoxy) is 3. The summed E-state index contributed by atoms with van der Waals surface area (Å²) in [6.45, 7) is 4.38. The molecule has 9 heteroatoms. The average molecular weight is 521 g/mol. The number of benzene rings is 2. The topological polar surface area (TPSA) is 83.9 Å². The van der Waals surface area contributed by atoms with Gasteiger partial charge in [-0.1, -0.05) is 12.1 Å². The van der Waals surface area contributed by atoms with E-state index in [-0.39, 0.29) is 30.3 Å². The van der Waals surface area contributed by atoms with Crippen LogP contribution >= 0.6 is 0 Å². The monoisotopic (exact) mass is 520 g/mol. The van der Waals surface area contributed by atoms with E-state index in [1.165, 1.54) is 0 Å². The van der Waals surface area contributed by atoms with Gasteiger partial charge in [-0.15, -0.1) is 0 Å². The molecule has 1 aliphatic carbocycles. The number of hydrazone groups is 1. The summed E-state index contributed by atoms with van der Waals surface area (Å²) in [5.41, 5.74) is 2.74. The molecular formula is C29H36N4O5. The zero-order valence-corrected chi connectivity index (χ0v) is 22.2. The number of rotatable bonds is 10. The van der Waals surface area contributed by atoms with Crippen LogP contribution < -0.4 is 9.47 Å². The lowest BCUT2D eigenvalue weighted by Gasteiger charge is -2.31. The van der Waals surface area contributed by atoms with Crippen LogP contribution in [-0.2, 0) is 14.3 Å². The summed E-state index contributed by atoms with van der Waals surface area (Å²) < 4.78 is 16.1. The molecule has 0 spiro atoms. The van der Waals surface area contributed by atoms with Crippen molar-refractivity contribution in [3.05, 3.63) is 59.7 Å². The Morgan fingerprint density at radius 3 is 2.21 bits per heavy atom. The average Bonchev–Trinajstić information content (AvgIpc) is 3.73. The van der Waals surface area contributed by atoms with Gasteiger partial charge in [0.05, 0.1) is 39.2 Å². The number of carbonyl (C=O) groups excluding carboxylic acids is 2. The van der Waals surface area contributed by atoms with Crippen molar-refractivity contribution in [2.24, 2.45) is 11.0 Å². The first-order valence-electron chi connectivity index (χ1n) is 13.3. The van der Waals surface area contributed by atoms with Crippen LogP contribution in [0.2, 0.25) is 0 Å². The number of hydrogen-bond donors (Lipinski definition) is 0. The van der Waals surface area contributed by atoms with Gasteiger partial charge >= 0.3 is 0 Å². The Hall–Kier alpha value is -3.43. The van der Waals surface area contributed by atoms with Crippen LogP contribution in [0.5, 0.6) is 11.5 Å². The van der Waals surface area contributed by atoms with Crippen molar-refractivity contribution in [2.75, 3.05) is 60.2 Å². The minimum absolute atomic E-state index is 0.0196. The van der Waals surface area contributed by atoms with Crippen molar-refractivity contribution in [2.45, 2.75) is 25.3 Å². The first kappa shape index (κ1) is 26.2. The van der Waals surface area contributed by atoms with E-state index in [0.29, 0.717) is 26.2 Å². The third-order valence-electron chi connectivity index (χ3n) is 7.44. The third-order valence-corrected chi connectivity index (χ3v) is 7.44. The van der Waals surface area contributed by atoms with Crippen molar-refractivity contribution in [1.82, 2.24) is 14.8 Å². The van der Waals surface area contributed by atoms with Crippen LogP contribution in [0.1, 0.15) is 36.4 Å². The molecule has 0 radical (unpaired) electrons. The van der Waals surface area contributed by atoms with Gasteiger partial charge in [-0.3, -0.25) is 14.5 Å². The molecule has 2 heterocycles. The van der Waals surface area contributed by atoms with E-state index in [1.807, 2.05) is 48.5 Å². The highest BCUT2D eigenvalue weighted by Crippen LogP contribution is 2.35. The summed E-state index contributed by atoms with van der Waals surface area (Å²) in [4.78, 5) is 31.0. The largest absolute Gasteiger partial charge is 0.497 e. The van der Waals surface area contributed by atoms with E-state index in [1.54, 1.807) is 24.1 Å². The van der Waals surface area contributed by atoms with Gasteiger partial charge in [0.25, 0.3) is 5.91 Å². The summed E-state index contributed by atoms with van der Waals surface area (Å²) >= 11 is 0. The van der Waals surface area contributed by atoms with Gasteiger partial charge in [0.15, 0.2) is 0 Å². The first-order valence-corrected chi connectivity index (χ1v) is 13.3. The Bertz CT molecular complexity index is 1140. The molecule has 5 rings (SSSR count). The van der Waals surface area contributed by atoms with E-state index in [4.69, 9.17) is 19.3 Å². The lowest BCUT2D eigenvalue weighted by molar-refractivity contribution is -0.142. The maximum atomic E-state index is 13.8. The number of carbonyl (C=O) groups is 2. The van der Waals surface area contributed by atoms with Crippen molar-refractivity contribution in [3.63, 3.8) is 0 Å². The molecule has 2 fully saturated rings. The zero-order valence-electron chi connectivity index (χ0n) is 22.2. The summed E-state index contributed by atoms with van der Waals surface area (Å²) in [6, 6.07) is 15.2. The second kappa shape index (κ2) is 12.0. The van der Waals surface area contributed by atoms with Gasteiger partial charge in [-0.25, -0.2) is 5.01 Å². The van der Waals surface area contributed by atoms with E-state index >= 15 is 0 Å². The Morgan fingerprint density at radius 2 is 1.61 bits per heavy atom. The van der Waals surface area contributed by atoms with E-state index in [2.05, 4.69) is 4.90 Å². The maximum absolute atomic E-state index is 13.8. The third kappa shape index (κ3) is 6.16. The minimum atomic E-state index is -0.261. The second-order valence-corrected chi connectivity index (χ2v) is 9.99. The van der Waals surface area contributed by atoms with E-state index in [9.17, 15) is 9.59 Å². The molecule has 0 unspecified atom stereocenters. The fourth-order valence-corrected chi connectivity index (χ4v) is 4.96. The van der Waals surface area contributed by atoms with Gasteiger partial charge in [0, 0.05) is 38.5 Å². The number of nitrogens with zero attached hydrogens (tertiary/aromatic N) is 4. The molecular weight excluding hydrogens is 484 g/mol. The molecule has 2 aromatic rings. The van der Waals surface area contributed by atoms with Crippen LogP contribution in [0.15, 0.2) is 53.6 Å². The molecule has 1 atom stereocenters. The lowest BCUT2D eigenvalue weighted by Crippen LogP contribution is -2.47. The number of methoxy groups -OCH3 is 2. The summed E-state index contributed by atoms with van der Waals surface area (Å²) in [5, 5.41) is 6.37. The van der Waals surface area contributed by atoms with Gasteiger partial charge < -0.3 is 19.1 Å². The normalized spacial score (nSPS) is 19.7. The van der Waals surface area contributed by atoms with Gasteiger partial charge in [-0.05, 0) is 60.4 Å².